The lowest BCUT2D eigenvalue weighted by atomic mass is 10.1. The van der Waals surface area contributed by atoms with Crippen LogP contribution >= 0.6 is 0 Å². The largest absolute Gasteiger partial charge is 0.461 e. The molecule has 0 atom stereocenters. The lowest BCUT2D eigenvalue weighted by Gasteiger charge is -2.14. The molecule has 2 aliphatic carbocycles. The zero-order valence-electron chi connectivity index (χ0n) is 20.1. The third kappa shape index (κ3) is 7.27. The molecule has 1 aromatic carbocycles. The van der Waals surface area contributed by atoms with Crippen molar-refractivity contribution in [1.29, 1.82) is 0 Å². The number of hydrogen-bond donors (Lipinski definition) is 2. The van der Waals surface area contributed by atoms with Crippen molar-refractivity contribution in [1.82, 2.24) is 0 Å². The van der Waals surface area contributed by atoms with Gasteiger partial charge < -0.3 is 20.1 Å². The molecule has 0 bridgehead atoms. The summed E-state index contributed by atoms with van der Waals surface area (Å²) in [6.07, 6.45) is 16.4. The maximum Gasteiger partial charge on any atom is 0.354 e. The number of anilines is 2. The smallest absolute Gasteiger partial charge is 0.354 e. The topological polar surface area (TPSA) is 111 Å². The molecule has 0 fully saturated rings. The highest BCUT2D eigenvalue weighted by Gasteiger charge is 2.20. The number of nitrogens with one attached hydrogen (secondary N) is 2. The number of benzene rings is 1. The highest BCUT2D eigenvalue weighted by Crippen LogP contribution is 2.21. The Kier molecular flexibility index (Phi) is 9.33. The van der Waals surface area contributed by atoms with E-state index in [1.54, 1.807) is 86.7 Å². The number of hydrogen-bond acceptors (Lipinski definition) is 8. The van der Waals surface area contributed by atoms with Crippen molar-refractivity contribution in [3.05, 3.63) is 96.4 Å². The predicted octanol–water partition coefficient (Wildman–Crippen LogP) is 4.03. The number of rotatable bonds is 12. The van der Waals surface area contributed by atoms with E-state index in [-0.39, 0.29) is 36.2 Å². The molecule has 0 spiro atoms. The van der Waals surface area contributed by atoms with Crippen LogP contribution in [-0.4, -0.2) is 36.7 Å². The summed E-state index contributed by atoms with van der Waals surface area (Å²) in [6.45, 7) is 3.63. The first-order valence-corrected chi connectivity index (χ1v) is 11.6. The lowest BCUT2D eigenvalue weighted by molar-refractivity contribution is -0.139. The highest BCUT2D eigenvalue weighted by atomic mass is 16.5. The van der Waals surface area contributed by atoms with Crippen LogP contribution in [0.4, 0.5) is 11.4 Å². The third-order valence-corrected chi connectivity index (χ3v) is 5.14. The van der Waals surface area contributed by atoms with Crippen molar-refractivity contribution in [3.63, 3.8) is 0 Å². The van der Waals surface area contributed by atoms with E-state index in [0.717, 1.165) is 0 Å². The Bertz CT molecular complexity index is 1090. The van der Waals surface area contributed by atoms with Gasteiger partial charge in [0.25, 0.3) is 0 Å². The fraction of sp³-hybridized carbons (Fsp3) is 0.214. The minimum atomic E-state index is -0.675. The molecule has 0 aromatic heterocycles. The van der Waals surface area contributed by atoms with E-state index < -0.39 is 23.8 Å². The standard InChI is InChI=1S/C28H28N2O6/c1-3-35-27(33)23(17-25(31)19-10-5-6-11-19)29-21-14-9-15-22(16-21)30-24(28(34)36-4-2)18-26(32)20-12-7-8-13-20/h5-20,29-30H,3-4H2,1-2H3/b23-17+,24-18+. The Hall–Kier alpha value is -4.46. The molecule has 0 radical (unpaired) electrons. The molecule has 2 N–H and O–H groups in total. The van der Waals surface area contributed by atoms with Crippen LogP contribution in [0.25, 0.3) is 0 Å². The van der Waals surface area contributed by atoms with Crippen LogP contribution < -0.4 is 10.6 Å². The Labute approximate surface area is 209 Å². The number of ether oxygens (including phenoxy) is 2. The monoisotopic (exact) mass is 488 g/mol. The van der Waals surface area contributed by atoms with Gasteiger partial charge in [-0.15, -0.1) is 0 Å². The van der Waals surface area contributed by atoms with Crippen molar-refractivity contribution in [2.45, 2.75) is 13.8 Å². The molecular weight excluding hydrogens is 460 g/mol. The minimum absolute atomic E-state index is 0.0242. The van der Waals surface area contributed by atoms with Crippen LogP contribution in [-0.2, 0) is 28.7 Å². The summed E-state index contributed by atoms with van der Waals surface area (Å²) >= 11 is 0. The summed E-state index contributed by atoms with van der Waals surface area (Å²) in [5.41, 5.74) is 0.870. The second-order valence-electron chi connectivity index (χ2n) is 7.78. The van der Waals surface area contributed by atoms with Gasteiger partial charge in [-0.1, -0.05) is 54.7 Å². The zero-order chi connectivity index (χ0) is 25.9. The first kappa shape index (κ1) is 26.2. The Morgan fingerprint density at radius 1 is 0.722 bits per heavy atom. The van der Waals surface area contributed by atoms with Gasteiger partial charge in [0.2, 0.25) is 0 Å². The summed E-state index contributed by atoms with van der Waals surface area (Å²) < 4.78 is 10.2. The Morgan fingerprint density at radius 3 is 1.47 bits per heavy atom. The number of ketones is 2. The quantitative estimate of drug-likeness (QED) is 0.335. The van der Waals surface area contributed by atoms with Crippen LogP contribution in [0.15, 0.2) is 96.4 Å². The Balaban J connectivity index is 1.82. The van der Waals surface area contributed by atoms with Gasteiger partial charge in [-0.3, -0.25) is 9.59 Å². The van der Waals surface area contributed by atoms with Crippen molar-refractivity contribution >= 4 is 34.9 Å². The van der Waals surface area contributed by atoms with E-state index in [9.17, 15) is 19.2 Å². The molecule has 0 saturated heterocycles. The highest BCUT2D eigenvalue weighted by molar-refractivity contribution is 6.04. The van der Waals surface area contributed by atoms with Crippen LogP contribution in [0.2, 0.25) is 0 Å². The van der Waals surface area contributed by atoms with E-state index in [0.29, 0.717) is 11.4 Å². The molecule has 1 aromatic rings. The maximum absolute atomic E-state index is 12.6. The van der Waals surface area contributed by atoms with E-state index in [1.807, 2.05) is 0 Å². The number of esters is 2. The molecule has 8 nitrogen and oxygen atoms in total. The predicted molar refractivity (Wildman–Crippen MR) is 137 cm³/mol. The van der Waals surface area contributed by atoms with E-state index in [4.69, 9.17) is 9.47 Å². The van der Waals surface area contributed by atoms with Gasteiger partial charge >= 0.3 is 11.9 Å². The first-order chi connectivity index (χ1) is 17.4. The van der Waals surface area contributed by atoms with Crippen LogP contribution in [0.3, 0.4) is 0 Å². The van der Waals surface area contributed by atoms with Gasteiger partial charge in [0, 0.05) is 23.5 Å². The van der Waals surface area contributed by atoms with Gasteiger partial charge in [-0.2, -0.15) is 0 Å². The van der Waals surface area contributed by atoms with Gasteiger partial charge in [-0.25, -0.2) is 9.59 Å². The second kappa shape index (κ2) is 12.9. The van der Waals surface area contributed by atoms with Crippen molar-refractivity contribution in [3.8, 4) is 0 Å². The molecule has 0 unspecified atom stereocenters. The van der Waals surface area contributed by atoms with Crippen LogP contribution in [0.1, 0.15) is 13.8 Å². The summed E-state index contributed by atoms with van der Waals surface area (Å²) in [5.74, 6) is -2.78. The van der Waals surface area contributed by atoms with E-state index in [1.165, 1.54) is 12.2 Å². The van der Waals surface area contributed by atoms with E-state index in [2.05, 4.69) is 10.6 Å². The molecule has 2 aliphatic rings. The molecule has 0 amide bonds. The third-order valence-electron chi connectivity index (χ3n) is 5.14. The molecule has 3 rings (SSSR count). The van der Waals surface area contributed by atoms with E-state index >= 15 is 0 Å². The summed E-state index contributed by atoms with van der Waals surface area (Å²) in [5, 5.41) is 5.86. The SMILES string of the molecule is CCOC(=O)/C(=C\C(=O)C1C=CC=C1)Nc1cccc(N/C(=C/C(=O)C2C=CC=C2)C(=O)OCC)c1. The summed E-state index contributed by atoms with van der Waals surface area (Å²) in [7, 11) is 0. The minimum Gasteiger partial charge on any atom is -0.461 e. The molecule has 8 heteroatoms. The van der Waals surface area contributed by atoms with Gasteiger partial charge in [0.1, 0.15) is 11.4 Å². The summed E-state index contributed by atoms with van der Waals surface area (Å²) in [6, 6.07) is 6.68. The maximum atomic E-state index is 12.6. The molecule has 0 saturated carbocycles. The average molecular weight is 489 g/mol. The number of carbonyl (C=O) groups is 4. The number of allylic oxidation sites excluding steroid dienone is 10. The van der Waals surface area contributed by atoms with Gasteiger partial charge in [-0.05, 0) is 32.0 Å². The van der Waals surface area contributed by atoms with Crippen molar-refractivity contribution in [2.75, 3.05) is 23.8 Å². The molecule has 0 heterocycles. The molecular formula is C28H28N2O6. The fourth-order valence-electron chi connectivity index (χ4n) is 3.42. The normalized spacial score (nSPS) is 15.3. The molecule has 186 valence electrons. The zero-order valence-corrected chi connectivity index (χ0v) is 20.1. The first-order valence-electron chi connectivity index (χ1n) is 11.6. The Morgan fingerprint density at radius 2 is 1.11 bits per heavy atom. The lowest BCUT2D eigenvalue weighted by Crippen LogP contribution is -2.19. The van der Waals surface area contributed by atoms with Crippen molar-refractivity contribution < 1.29 is 28.7 Å². The molecule has 0 aliphatic heterocycles. The summed E-state index contributed by atoms with van der Waals surface area (Å²) in [4.78, 5) is 50.1. The molecule has 36 heavy (non-hydrogen) atoms. The fourth-order valence-corrected chi connectivity index (χ4v) is 3.42. The van der Waals surface area contributed by atoms with Crippen LogP contribution in [0, 0.1) is 11.8 Å². The average Bonchev–Trinajstić information content (AvgIpc) is 3.58. The van der Waals surface area contributed by atoms with Crippen molar-refractivity contribution in [2.24, 2.45) is 11.8 Å². The number of carbonyl (C=O) groups excluding carboxylic acids is 4. The van der Waals surface area contributed by atoms with Gasteiger partial charge in [0.15, 0.2) is 11.6 Å². The van der Waals surface area contributed by atoms with Gasteiger partial charge in [0.05, 0.1) is 25.0 Å². The van der Waals surface area contributed by atoms with Crippen LogP contribution in [0.5, 0.6) is 0 Å². The second-order valence-corrected chi connectivity index (χ2v) is 7.78.